The average molecular weight is 212 g/mol. The van der Waals surface area contributed by atoms with Crippen LogP contribution >= 0.6 is 11.8 Å². The van der Waals surface area contributed by atoms with Crippen LogP contribution in [0.1, 0.15) is 26.2 Å². The second kappa shape index (κ2) is 4.70. The fraction of sp³-hybridized carbons (Fsp3) is 0.800. The molecule has 78 valence electrons. The van der Waals surface area contributed by atoms with E-state index >= 15 is 0 Å². The lowest BCUT2D eigenvalue weighted by atomic mass is 9.97. The normalized spacial score (nSPS) is 20.2. The van der Waals surface area contributed by atoms with Gasteiger partial charge in [-0.1, -0.05) is 6.92 Å². The van der Waals surface area contributed by atoms with E-state index in [1.54, 1.807) is 11.8 Å². The van der Waals surface area contributed by atoms with Crippen LogP contribution in [0.5, 0.6) is 0 Å². The van der Waals surface area contributed by atoms with Gasteiger partial charge in [-0.2, -0.15) is 5.26 Å². The van der Waals surface area contributed by atoms with Gasteiger partial charge in [0.1, 0.15) is 4.75 Å². The van der Waals surface area contributed by atoms with Crippen LogP contribution in [0.25, 0.3) is 0 Å². The molecule has 0 aliphatic carbocycles. The Balaban J connectivity index is 2.54. The first-order chi connectivity index (χ1) is 6.67. The van der Waals surface area contributed by atoms with Gasteiger partial charge in [-0.3, -0.25) is 4.79 Å². The molecule has 0 atom stereocenters. The van der Waals surface area contributed by atoms with Crippen molar-refractivity contribution in [1.82, 2.24) is 4.90 Å². The highest BCUT2D eigenvalue weighted by molar-refractivity contribution is 8.00. The number of nitrogens with zero attached hydrogens (tertiary/aromatic N) is 2. The predicted molar refractivity (Wildman–Crippen MR) is 58.0 cm³/mol. The molecule has 0 spiro atoms. The fourth-order valence-electron chi connectivity index (χ4n) is 1.70. The maximum Gasteiger partial charge on any atom is 0.222 e. The molecule has 0 aromatic heterocycles. The van der Waals surface area contributed by atoms with Crippen LogP contribution in [-0.2, 0) is 4.79 Å². The first kappa shape index (κ1) is 11.4. The maximum atomic E-state index is 11.4. The second-order valence-corrected chi connectivity index (χ2v) is 4.73. The first-order valence-electron chi connectivity index (χ1n) is 4.91. The van der Waals surface area contributed by atoms with Crippen LogP contribution in [-0.4, -0.2) is 34.9 Å². The Morgan fingerprint density at radius 1 is 1.57 bits per heavy atom. The minimum Gasteiger partial charge on any atom is -0.343 e. The average Bonchev–Trinajstić information content (AvgIpc) is 2.28. The smallest absolute Gasteiger partial charge is 0.222 e. The van der Waals surface area contributed by atoms with Crippen molar-refractivity contribution >= 4 is 17.7 Å². The van der Waals surface area contributed by atoms with E-state index in [9.17, 15) is 4.79 Å². The predicted octanol–water partition coefficient (Wildman–Crippen LogP) is 1.64. The third-order valence-corrected chi connectivity index (χ3v) is 4.10. The molecule has 14 heavy (non-hydrogen) atoms. The molecule has 4 heteroatoms. The molecule has 0 unspecified atom stereocenters. The summed E-state index contributed by atoms with van der Waals surface area (Å²) in [6.07, 6.45) is 4.14. The molecule has 0 N–H and O–H groups in total. The number of rotatable bonds is 2. The summed E-state index contributed by atoms with van der Waals surface area (Å²) in [6.45, 7) is 3.35. The van der Waals surface area contributed by atoms with Crippen molar-refractivity contribution < 1.29 is 4.79 Å². The Labute approximate surface area is 89.5 Å². The summed E-state index contributed by atoms with van der Waals surface area (Å²) < 4.78 is -0.246. The van der Waals surface area contributed by atoms with Crippen molar-refractivity contribution in [2.45, 2.75) is 30.9 Å². The molecule has 0 aromatic carbocycles. The number of carbonyl (C=O) groups excluding carboxylic acids is 1. The number of nitriles is 1. The fourth-order valence-corrected chi connectivity index (χ4v) is 2.38. The van der Waals surface area contributed by atoms with Crippen LogP contribution in [0, 0.1) is 11.3 Å². The van der Waals surface area contributed by atoms with Gasteiger partial charge in [-0.25, -0.2) is 0 Å². The number of hydrogen-bond donors (Lipinski definition) is 0. The van der Waals surface area contributed by atoms with E-state index in [-0.39, 0.29) is 10.7 Å². The summed E-state index contributed by atoms with van der Waals surface area (Å²) in [4.78, 5) is 13.3. The Hall–Kier alpha value is -0.690. The van der Waals surface area contributed by atoms with Crippen LogP contribution in [0.15, 0.2) is 0 Å². The quantitative estimate of drug-likeness (QED) is 0.699. The zero-order chi connectivity index (χ0) is 10.6. The highest BCUT2D eigenvalue weighted by Crippen LogP contribution is 2.33. The van der Waals surface area contributed by atoms with E-state index in [4.69, 9.17) is 5.26 Å². The van der Waals surface area contributed by atoms with Crippen LogP contribution in [0.2, 0.25) is 0 Å². The Morgan fingerprint density at radius 2 is 2.14 bits per heavy atom. The van der Waals surface area contributed by atoms with Crippen molar-refractivity contribution in [2.24, 2.45) is 0 Å². The van der Waals surface area contributed by atoms with Gasteiger partial charge >= 0.3 is 0 Å². The van der Waals surface area contributed by atoms with Crippen molar-refractivity contribution in [3.63, 3.8) is 0 Å². The molecule has 1 aliphatic heterocycles. The van der Waals surface area contributed by atoms with Gasteiger partial charge in [0.15, 0.2) is 0 Å². The zero-order valence-electron chi connectivity index (χ0n) is 8.75. The molecule has 1 amide bonds. The topological polar surface area (TPSA) is 44.1 Å². The van der Waals surface area contributed by atoms with Gasteiger partial charge in [0.2, 0.25) is 5.91 Å². The number of amides is 1. The molecule has 1 heterocycles. The summed E-state index contributed by atoms with van der Waals surface area (Å²) >= 11 is 1.62. The van der Waals surface area contributed by atoms with Crippen molar-refractivity contribution in [1.29, 1.82) is 5.26 Å². The van der Waals surface area contributed by atoms with E-state index in [0.717, 1.165) is 25.9 Å². The van der Waals surface area contributed by atoms with Crippen LogP contribution < -0.4 is 0 Å². The molecule has 0 saturated carbocycles. The SMILES string of the molecule is CCC(=O)N1CCC(C#N)(SC)CC1. The van der Waals surface area contributed by atoms with E-state index in [1.165, 1.54) is 0 Å². The number of carbonyl (C=O) groups is 1. The summed E-state index contributed by atoms with van der Waals surface area (Å²) in [7, 11) is 0. The van der Waals surface area contributed by atoms with Crippen molar-refractivity contribution in [3.8, 4) is 6.07 Å². The largest absolute Gasteiger partial charge is 0.343 e. The number of hydrogen-bond acceptors (Lipinski definition) is 3. The van der Waals surface area contributed by atoms with Gasteiger partial charge < -0.3 is 4.90 Å². The van der Waals surface area contributed by atoms with E-state index < -0.39 is 0 Å². The lowest BCUT2D eigenvalue weighted by molar-refractivity contribution is -0.131. The molecule has 0 radical (unpaired) electrons. The number of thioether (sulfide) groups is 1. The summed E-state index contributed by atoms with van der Waals surface area (Å²) in [5.74, 6) is 0.206. The van der Waals surface area contributed by atoms with Gasteiger partial charge in [0.25, 0.3) is 0 Å². The van der Waals surface area contributed by atoms with Crippen LogP contribution in [0.3, 0.4) is 0 Å². The third-order valence-electron chi connectivity index (χ3n) is 2.82. The van der Waals surface area contributed by atoms with Crippen molar-refractivity contribution in [3.05, 3.63) is 0 Å². The van der Waals surface area contributed by atoms with Gasteiger partial charge in [-0.05, 0) is 19.1 Å². The standard InChI is InChI=1S/C10H16N2OS/c1-3-9(13)12-6-4-10(8-11,14-2)5-7-12/h3-7H2,1-2H3. The first-order valence-corrected chi connectivity index (χ1v) is 6.14. The van der Waals surface area contributed by atoms with Crippen LogP contribution in [0.4, 0.5) is 0 Å². The minimum atomic E-state index is -0.246. The highest BCUT2D eigenvalue weighted by atomic mass is 32.2. The summed E-state index contributed by atoms with van der Waals surface area (Å²) in [6, 6.07) is 2.37. The molecule has 3 nitrogen and oxygen atoms in total. The minimum absolute atomic E-state index is 0.206. The molecular formula is C10H16N2OS. The molecule has 0 bridgehead atoms. The number of likely N-dealkylation sites (tertiary alicyclic amines) is 1. The second-order valence-electron chi connectivity index (χ2n) is 3.54. The van der Waals surface area contributed by atoms with E-state index in [1.807, 2.05) is 18.1 Å². The van der Waals surface area contributed by atoms with Gasteiger partial charge in [0.05, 0.1) is 6.07 Å². The molecule has 1 saturated heterocycles. The maximum absolute atomic E-state index is 11.4. The lowest BCUT2D eigenvalue weighted by Gasteiger charge is -2.36. The Bertz CT molecular complexity index is 251. The van der Waals surface area contributed by atoms with Crippen molar-refractivity contribution in [2.75, 3.05) is 19.3 Å². The third kappa shape index (κ3) is 2.21. The van der Waals surface area contributed by atoms with Gasteiger partial charge in [-0.15, -0.1) is 11.8 Å². The lowest BCUT2D eigenvalue weighted by Crippen LogP contribution is -2.44. The Morgan fingerprint density at radius 3 is 2.50 bits per heavy atom. The van der Waals surface area contributed by atoms with E-state index in [0.29, 0.717) is 6.42 Å². The highest BCUT2D eigenvalue weighted by Gasteiger charge is 2.34. The molecule has 1 fully saturated rings. The zero-order valence-corrected chi connectivity index (χ0v) is 9.56. The number of piperidine rings is 1. The summed E-state index contributed by atoms with van der Waals surface area (Å²) in [5, 5.41) is 9.05. The van der Waals surface area contributed by atoms with E-state index in [2.05, 4.69) is 6.07 Å². The molecule has 1 aliphatic rings. The summed E-state index contributed by atoms with van der Waals surface area (Å²) in [5.41, 5.74) is 0. The molecular weight excluding hydrogens is 196 g/mol. The Kier molecular flexibility index (Phi) is 3.82. The monoisotopic (exact) mass is 212 g/mol. The van der Waals surface area contributed by atoms with Gasteiger partial charge in [0, 0.05) is 19.5 Å². The molecule has 0 aromatic rings. The molecule has 1 rings (SSSR count).